The predicted molar refractivity (Wildman–Crippen MR) is 160 cm³/mol. The van der Waals surface area contributed by atoms with E-state index in [0.717, 1.165) is 11.8 Å². The van der Waals surface area contributed by atoms with Gasteiger partial charge in [0.2, 0.25) is 11.8 Å². The minimum absolute atomic E-state index is 0.0250. The Hall–Kier alpha value is -5.72. The number of fused-ring (bicyclic) bond motifs is 1. The normalized spacial score (nSPS) is 14.7. The van der Waals surface area contributed by atoms with Crippen LogP contribution in [0.25, 0.3) is 0 Å². The molecule has 5 N–H and O–H groups in total. The molecule has 2 amide bonds. The van der Waals surface area contributed by atoms with E-state index in [1.165, 1.54) is 11.8 Å². The average Bonchev–Trinajstić information content (AvgIpc) is 3.36. The van der Waals surface area contributed by atoms with Crippen molar-refractivity contribution in [3.63, 3.8) is 0 Å². The van der Waals surface area contributed by atoms with Gasteiger partial charge in [0.25, 0.3) is 6.20 Å². The van der Waals surface area contributed by atoms with Gasteiger partial charge in [-0.2, -0.15) is 0 Å². The number of rotatable bonds is 13. The smallest absolute Gasteiger partial charge is 0.326 e. The van der Waals surface area contributed by atoms with E-state index in [2.05, 4.69) is 16.0 Å². The van der Waals surface area contributed by atoms with E-state index >= 15 is 0 Å². The molecule has 0 saturated carbocycles. The summed E-state index contributed by atoms with van der Waals surface area (Å²) in [6.07, 6.45) is 1.07. The van der Waals surface area contributed by atoms with Crippen LogP contribution in [0.3, 0.4) is 0 Å². The number of aryl methyl sites for hydroxylation is 1. The van der Waals surface area contributed by atoms with Crippen LogP contribution in [0.15, 0.2) is 84.8 Å². The van der Waals surface area contributed by atoms with E-state index < -0.39 is 34.9 Å². The molecule has 13 nitrogen and oxygen atoms in total. The van der Waals surface area contributed by atoms with Gasteiger partial charge in [-0.05, 0) is 52.9 Å². The van der Waals surface area contributed by atoms with E-state index in [0.29, 0.717) is 34.5 Å². The third-order valence-corrected chi connectivity index (χ3v) is 7.01. The standard InChI is InChI=1S/C31H31N5O8/c1-19(37)35-17-22-16-24(33-27(18-36(43)44)32-23-5-3-2-4-6-23)12-13-25(22)29(35)30(40)34-26(31(41)42)15-21-9-7-20(8-10-21)11-14-28(38)39/h2-10,12-13,16,18,26,29,32-33H,11,14-15,17H2,1H3,(H,34,40)(H,38,39)(H,41,42). The van der Waals surface area contributed by atoms with Gasteiger partial charge in [0, 0.05) is 37.7 Å². The Morgan fingerprint density at radius 2 is 1.64 bits per heavy atom. The molecule has 13 heteroatoms. The van der Waals surface area contributed by atoms with Crippen LogP contribution in [-0.2, 0) is 38.6 Å². The number of hydrogen-bond donors (Lipinski definition) is 5. The van der Waals surface area contributed by atoms with E-state index in [1.807, 2.05) is 6.07 Å². The van der Waals surface area contributed by atoms with Crippen molar-refractivity contribution in [1.29, 1.82) is 0 Å². The lowest BCUT2D eigenvalue weighted by Gasteiger charge is -2.25. The maximum absolute atomic E-state index is 13.5. The number of para-hydroxylation sites is 1. The van der Waals surface area contributed by atoms with Gasteiger partial charge in [-0.3, -0.25) is 24.5 Å². The lowest BCUT2D eigenvalue weighted by atomic mass is 10.0. The molecule has 0 spiro atoms. The number of carbonyl (C=O) groups is 4. The van der Waals surface area contributed by atoms with Crippen molar-refractivity contribution in [3.8, 4) is 0 Å². The number of amides is 2. The molecule has 1 aliphatic heterocycles. The van der Waals surface area contributed by atoms with E-state index in [-0.39, 0.29) is 31.1 Å². The quantitative estimate of drug-likeness (QED) is 0.143. The summed E-state index contributed by atoms with van der Waals surface area (Å²) in [5.74, 6) is -3.13. The number of nitrogens with zero attached hydrogens (tertiary/aromatic N) is 2. The molecule has 3 aromatic rings. The highest BCUT2D eigenvalue weighted by Gasteiger charge is 2.38. The first kappa shape index (κ1) is 31.2. The van der Waals surface area contributed by atoms with Crippen LogP contribution >= 0.6 is 0 Å². The number of hydrogen-bond acceptors (Lipinski definition) is 8. The fourth-order valence-electron chi connectivity index (χ4n) is 4.92. The van der Waals surface area contributed by atoms with Gasteiger partial charge in [-0.15, -0.1) is 0 Å². The molecule has 0 fully saturated rings. The van der Waals surface area contributed by atoms with Crippen molar-refractivity contribution in [1.82, 2.24) is 10.2 Å². The van der Waals surface area contributed by atoms with Crippen LogP contribution in [0.2, 0.25) is 0 Å². The molecule has 3 aromatic carbocycles. The predicted octanol–water partition coefficient (Wildman–Crippen LogP) is 3.52. The summed E-state index contributed by atoms with van der Waals surface area (Å²) < 4.78 is 0. The number of benzene rings is 3. The van der Waals surface area contributed by atoms with Crippen molar-refractivity contribution in [2.45, 2.75) is 44.8 Å². The topological polar surface area (TPSA) is 191 Å². The van der Waals surface area contributed by atoms with Gasteiger partial charge < -0.3 is 31.1 Å². The number of nitro groups is 1. The molecule has 44 heavy (non-hydrogen) atoms. The third-order valence-electron chi connectivity index (χ3n) is 7.01. The summed E-state index contributed by atoms with van der Waals surface area (Å²) in [5.41, 5.74) is 3.64. The maximum Gasteiger partial charge on any atom is 0.326 e. The lowest BCUT2D eigenvalue weighted by Crippen LogP contribution is -2.47. The molecular weight excluding hydrogens is 570 g/mol. The molecular formula is C31H31N5O8. The number of carboxylic acid groups (broad SMARTS) is 2. The first-order valence-electron chi connectivity index (χ1n) is 13.7. The third kappa shape index (κ3) is 8.18. The van der Waals surface area contributed by atoms with Crippen LogP contribution in [0.1, 0.15) is 41.6 Å². The maximum atomic E-state index is 13.5. The number of carboxylic acids is 2. The highest BCUT2D eigenvalue weighted by Crippen LogP contribution is 2.36. The summed E-state index contributed by atoms with van der Waals surface area (Å²) in [4.78, 5) is 60.9. The minimum atomic E-state index is -1.29. The fraction of sp³-hybridized carbons (Fsp3) is 0.226. The van der Waals surface area contributed by atoms with Gasteiger partial charge in [0.1, 0.15) is 12.1 Å². The Bertz CT molecular complexity index is 1590. The largest absolute Gasteiger partial charge is 0.481 e. The zero-order valence-corrected chi connectivity index (χ0v) is 23.7. The Labute approximate surface area is 252 Å². The first-order valence-corrected chi connectivity index (χ1v) is 13.7. The lowest BCUT2D eigenvalue weighted by molar-refractivity contribution is -0.403. The van der Waals surface area contributed by atoms with Gasteiger partial charge in [0.05, 0.1) is 4.92 Å². The fourth-order valence-corrected chi connectivity index (χ4v) is 4.92. The first-order chi connectivity index (χ1) is 21.0. The zero-order chi connectivity index (χ0) is 31.8. The number of anilines is 2. The second kappa shape index (κ2) is 14.0. The van der Waals surface area contributed by atoms with Gasteiger partial charge >= 0.3 is 11.9 Å². The molecule has 1 heterocycles. The Morgan fingerprint density at radius 3 is 2.25 bits per heavy atom. The van der Waals surface area contributed by atoms with Gasteiger partial charge in [-0.1, -0.05) is 48.5 Å². The van der Waals surface area contributed by atoms with Crippen molar-refractivity contribution in [2.75, 3.05) is 10.6 Å². The molecule has 2 unspecified atom stereocenters. The van der Waals surface area contributed by atoms with Crippen LogP contribution in [0.5, 0.6) is 0 Å². The number of aliphatic carboxylic acids is 2. The Morgan fingerprint density at radius 1 is 0.977 bits per heavy atom. The van der Waals surface area contributed by atoms with Crippen LogP contribution in [-0.4, -0.2) is 49.8 Å². The Kier molecular flexibility index (Phi) is 9.91. The van der Waals surface area contributed by atoms with Crippen molar-refractivity contribution in [2.24, 2.45) is 0 Å². The second-order valence-electron chi connectivity index (χ2n) is 10.2. The highest BCUT2D eigenvalue weighted by atomic mass is 16.6. The molecule has 4 rings (SSSR count). The summed E-state index contributed by atoms with van der Waals surface area (Å²) >= 11 is 0. The summed E-state index contributed by atoms with van der Waals surface area (Å²) in [6.45, 7) is 1.39. The van der Waals surface area contributed by atoms with Gasteiger partial charge in [-0.25, -0.2) is 4.79 Å². The summed E-state index contributed by atoms with van der Waals surface area (Å²) in [7, 11) is 0. The van der Waals surface area contributed by atoms with Crippen molar-refractivity contribution >= 4 is 35.1 Å². The molecule has 0 saturated heterocycles. The second-order valence-corrected chi connectivity index (χ2v) is 10.2. The minimum Gasteiger partial charge on any atom is -0.481 e. The van der Waals surface area contributed by atoms with E-state index in [1.54, 1.807) is 66.7 Å². The number of carbonyl (C=O) groups excluding carboxylic acids is 2. The molecule has 1 aliphatic rings. The van der Waals surface area contributed by atoms with Crippen molar-refractivity contribution < 1.29 is 34.3 Å². The molecule has 0 bridgehead atoms. The molecule has 0 aromatic heterocycles. The van der Waals surface area contributed by atoms with Gasteiger partial charge in [0.15, 0.2) is 5.82 Å². The van der Waals surface area contributed by atoms with E-state index in [9.17, 15) is 34.4 Å². The van der Waals surface area contributed by atoms with E-state index in [4.69, 9.17) is 5.11 Å². The summed E-state index contributed by atoms with van der Waals surface area (Å²) in [6, 6.07) is 18.2. The molecule has 0 aliphatic carbocycles. The van der Waals surface area contributed by atoms with Crippen LogP contribution in [0.4, 0.5) is 11.4 Å². The SMILES string of the molecule is CC(=O)N1Cc2cc(NC(=C[N+](=O)[O-])Nc3ccccc3)ccc2C1C(=O)NC(Cc1ccc(CCC(=O)O)cc1)C(=O)O. The molecule has 228 valence electrons. The monoisotopic (exact) mass is 601 g/mol. The highest BCUT2D eigenvalue weighted by molar-refractivity contribution is 5.92. The van der Waals surface area contributed by atoms with Crippen LogP contribution < -0.4 is 16.0 Å². The molecule has 0 radical (unpaired) electrons. The average molecular weight is 602 g/mol. The Balaban J connectivity index is 1.51. The van der Waals surface area contributed by atoms with Crippen molar-refractivity contribution in [3.05, 3.63) is 117 Å². The zero-order valence-electron chi connectivity index (χ0n) is 23.7. The molecule has 2 atom stereocenters. The van der Waals surface area contributed by atoms with Crippen LogP contribution in [0, 0.1) is 10.1 Å². The number of nitrogens with one attached hydrogen (secondary N) is 3. The summed E-state index contributed by atoms with van der Waals surface area (Å²) in [5, 5.41) is 38.4.